The number of hydrogen-bond donors (Lipinski definition) is 2. The van der Waals surface area contributed by atoms with Gasteiger partial charge in [0.05, 0.1) is 0 Å². The van der Waals surface area contributed by atoms with E-state index in [9.17, 15) is 4.79 Å². The fourth-order valence-electron chi connectivity index (χ4n) is 2.16. The van der Waals surface area contributed by atoms with Crippen molar-refractivity contribution in [2.24, 2.45) is 5.92 Å². The minimum atomic E-state index is -0.552. The van der Waals surface area contributed by atoms with Gasteiger partial charge in [0.15, 0.2) is 6.10 Å². The van der Waals surface area contributed by atoms with E-state index in [1.807, 2.05) is 24.3 Å². The molecule has 0 bridgehead atoms. The quantitative estimate of drug-likeness (QED) is 0.800. The Balaban J connectivity index is 1.87. The zero-order valence-electron chi connectivity index (χ0n) is 11.5. The number of amides is 1. The van der Waals surface area contributed by atoms with Crippen molar-refractivity contribution in [3.63, 3.8) is 0 Å². The average Bonchev–Trinajstić information content (AvgIpc) is 3.22. The van der Waals surface area contributed by atoms with Crippen molar-refractivity contribution >= 4 is 21.8 Å². The second-order valence-corrected chi connectivity index (χ2v) is 6.10. The molecule has 0 heterocycles. The number of benzene rings is 1. The van der Waals surface area contributed by atoms with E-state index in [0.29, 0.717) is 18.1 Å². The van der Waals surface area contributed by atoms with Crippen LogP contribution in [0.3, 0.4) is 0 Å². The van der Waals surface area contributed by atoms with Crippen LogP contribution in [0.4, 0.5) is 0 Å². The lowest BCUT2D eigenvalue weighted by molar-refractivity contribution is -0.128. The summed E-state index contributed by atoms with van der Waals surface area (Å²) in [5.74, 6) is 1.05. The Bertz CT molecular complexity index is 462. The summed E-state index contributed by atoms with van der Waals surface area (Å²) in [4.78, 5) is 12.1. The van der Waals surface area contributed by atoms with Gasteiger partial charge in [-0.2, -0.15) is 0 Å². The van der Waals surface area contributed by atoms with Gasteiger partial charge < -0.3 is 15.2 Å². The van der Waals surface area contributed by atoms with Crippen LogP contribution in [0.15, 0.2) is 28.7 Å². The molecule has 1 amide bonds. The number of aliphatic hydroxyl groups excluding tert-OH is 1. The van der Waals surface area contributed by atoms with E-state index in [-0.39, 0.29) is 18.6 Å². The highest BCUT2D eigenvalue weighted by Crippen LogP contribution is 2.34. The molecule has 5 heteroatoms. The fourth-order valence-corrected chi connectivity index (χ4v) is 2.54. The number of hydrogen-bond acceptors (Lipinski definition) is 3. The molecule has 0 aromatic heterocycles. The predicted octanol–water partition coefficient (Wildman–Crippen LogP) is 2.49. The van der Waals surface area contributed by atoms with E-state index < -0.39 is 6.10 Å². The fraction of sp³-hybridized carbons (Fsp3) is 0.533. The van der Waals surface area contributed by atoms with Crippen LogP contribution in [0.25, 0.3) is 0 Å². The molecule has 1 aliphatic rings. The van der Waals surface area contributed by atoms with Crippen molar-refractivity contribution in [3.05, 3.63) is 28.7 Å². The molecule has 2 N–H and O–H groups in total. The molecule has 1 saturated carbocycles. The molecule has 1 fully saturated rings. The van der Waals surface area contributed by atoms with Crippen LogP contribution in [0.1, 0.15) is 26.2 Å². The Hall–Kier alpha value is -1.07. The molecular formula is C15H20BrNO3. The maximum absolute atomic E-state index is 12.1. The van der Waals surface area contributed by atoms with E-state index in [1.165, 1.54) is 0 Å². The zero-order valence-corrected chi connectivity index (χ0v) is 13.1. The number of halogens is 1. The van der Waals surface area contributed by atoms with Crippen LogP contribution >= 0.6 is 15.9 Å². The second-order valence-electron chi connectivity index (χ2n) is 5.18. The monoisotopic (exact) mass is 341 g/mol. The SMILES string of the molecule is CC(Oc1cccc(Br)c1)C(=O)NC(CCO)C1CC1. The van der Waals surface area contributed by atoms with E-state index in [4.69, 9.17) is 9.84 Å². The van der Waals surface area contributed by atoms with Gasteiger partial charge in [-0.15, -0.1) is 0 Å². The second kappa shape index (κ2) is 7.09. The molecule has 1 aromatic rings. The van der Waals surface area contributed by atoms with Crippen LogP contribution in [-0.4, -0.2) is 29.8 Å². The third kappa shape index (κ3) is 4.49. The first kappa shape index (κ1) is 15.3. The molecule has 0 saturated heterocycles. The highest BCUT2D eigenvalue weighted by atomic mass is 79.9. The molecule has 20 heavy (non-hydrogen) atoms. The van der Waals surface area contributed by atoms with Crippen LogP contribution < -0.4 is 10.1 Å². The lowest BCUT2D eigenvalue weighted by atomic mass is 10.1. The number of carbonyl (C=O) groups excluding carboxylic acids is 1. The highest BCUT2D eigenvalue weighted by molar-refractivity contribution is 9.10. The van der Waals surface area contributed by atoms with Gasteiger partial charge in [0, 0.05) is 17.1 Å². The summed E-state index contributed by atoms with van der Waals surface area (Å²) in [7, 11) is 0. The van der Waals surface area contributed by atoms with Crippen molar-refractivity contribution < 1.29 is 14.6 Å². The summed E-state index contributed by atoms with van der Waals surface area (Å²) >= 11 is 3.37. The molecule has 0 spiro atoms. The van der Waals surface area contributed by atoms with Gasteiger partial charge in [-0.3, -0.25) is 4.79 Å². The summed E-state index contributed by atoms with van der Waals surface area (Å²) in [6.07, 6.45) is 2.32. The molecule has 2 unspecified atom stereocenters. The first-order valence-electron chi connectivity index (χ1n) is 6.93. The minimum absolute atomic E-state index is 0.0704. The van der Waals surface area contributed by atoms with Crippen LogP contribution in [0.5, 0.6) is 5.75 Å². The van der Waals surface area contributed by atoms with Crippen molar-refractivity contribution in [2.75, 3.05) is 6.61 Å². The highest BCUT2D eigenvalue weighted by Gasteiger charge is 2.32. The standard InChI is InChI=1S/C15H20BrNO3/c1-10(20-13-4-2-3-12(16)9-13)15(19)17-14(7-8-18)11-5-6-11/h2-4,9-11,14,18H,5-8H2,1H3,(H,17,19). The first-order valence-corrected chi connectivity index (χ1v) is 7.73. The predicted molar refractivity (Wildman–Crippen MR) is 80.6 cm³/mol. The van der Waals surface area contributed by atoms with Crippen LogP contribution in [-0.2, 0) is 4.79 Å². The lowest BCUT2D eigenvalue weighted by Gasteiger charge is -2.21. The normalized spacial score (nSPS) is 17.4. The van der Waals surface area contributed by atoms with Crippen molar-refractivity contribution in [1.29, 1.82) is 0 Å². The van der Waals surface area contributed by atoms with Gasteiger partial charge in [0.25, 0.3) is 5.91 Å². The Morgan fingerprint density at radius 2 is 2.30 bits per heavy atom. The van der Waals surface area contributed by atoms with Gasteiger partial charge >= 0.3 is 0 Å². The molecule has 2 rings (SSSR count). The van der Waals surface area contributed by atoms with E-state index in [0.717, 1.165) is 17.3 Å². The van der Waals surface area contributed by atoms with Crippen LogP contribution in [0, 0.1) is 5.92 Å². The Morgan fingerprint density at radius 3 is 2.90 bits per heavy atom. The number of rotatable bonds is 7. The smallest absolute Gasteiger partial charge is 0.261 e. The zero-order chi connectivity index (χ0) is 14.5. The third-order valence-corrected chi connectivity index (χ3v) is 3.93. The van der Waals surface area contributed by atoms with E-state index in [2.05, 4.69) is 21.2 Å². The van der Waals surface area contributed by atoms with Gasteiger partial charge in [-0.05, 0) is 50.3 Å². The summed E-state index contributed by atoms with van der Waals surface area (Å²) in [6.45, 7) is 1.83. The molecule has 1 aliphatic carbocycles. The number of carbonyl (C=O) groups is 1. The Labute approximate surface area is 127 Å². The molecular weight excluding hydrogens is 322 g/mol. The van der Waals surface area contributed by atoms with Gasteiger partial charge in [-0.1, -0.05) is 22.0 Å². The third-order valence-electron chi connectivity index (χ3n) is 3.44. The topological polar surface area (TPSA) is 58.6 Å². The van der Waals surface area contributed by atoms with Crippen LogP contribution in [0.2, 0.25) is 0 Å². The lowest BCUT2D eigenvalue weighted by Crippen LogP contribution is -2.44. The summed E-state index contributed by atoms with van der Waals surface area (Å²) in [6, 6.07) is 7.49. The Morgan fingerprint density at radius 1 is 1.55 bits per heavy atom. The number of aliphatic hydroxyl groups is 1. The maximum Gasteiger partial charge on any atom is 0.261 e. The Kier molecular flexibility index (Phi) is 5.43. The molecule has 110 valence electrons. The van der Waals surface area contributed by atoms with Crippen molar-refractivity contribution in [3.8, 4) is 5.75 Å². The first-order chi connectivity index (χ1) is 9.60. The summed E-state index contributed by atoms with van der Waals surface area (Å²) in [5.41, 5.74) is 0. The number of ether oxygens (including phenoxy) is 1. The molecule has 0 aliphatic heterocycles. The van der Waals surface area contributed by atoms with Crippen molar-refractivity contribution in [1.82, 2.24) is 5.32 Å². The molecule has 2 atom stereocenters. The maximum atomic E-state index is 12.1. The van der Waals surface area contributed by atoms with Gasteiger partial charge in [0.2, 0.25) is 0 Å². The number of nitrogens with one attached hydrogen (secondary N) is 1. The average molecular weight is 342 g/mol. The van der Waals surface area contributed by atoms with E-state index >= 15 is 0 Å². The van der Waals surface area contributed by atoms with Gasteiger partial charge in [-0.25, -0.2) is 0 Å². The van der Waals surface area contributed by atoms with Gasteiger partial charge in [0.1, 0.15) is 5.75 Å². The molecule has 0 radical (unpaired) electrons. The molecule has 4 nitrogen and oxygen atoms in total. The van der Waals surface area contributed by atoms with E-state index in [1.54, 1.807) is 6.92 Å². The van der Waals surface area contributed by atoms with Crippen molar-refractivity contribution in [2.45, 2.75) is 38.3 Å². The minimum Gasteiger partial charge on any atom is -0.481 e. The summed E-state index contributed by atoms with van der Waals surface area (Å²) in [5, 5.41) is 12.0. The summed E-state index contributed by atoms with van der Waals surface area (Å²) < 4.78 is 6.55. The molecule has 1 aromatic carbocycles. The largest absolute Gasteiger partial charge is 0.481 e.